The number of nitrogens with one attached hydrogen (secondary N) is 1. The molecule has 1 aromatic carbocycles. The van der Waals surface area contributed by atoms with Crippen LogP contribution in [-0.4, -0.2) is 0 Å². The number of rotatable bonds is 2. The van der Waals surface area contributed by atoms with Crippen molar-refractivity contribution in [2.24, 2.45) is 5.14 Å². The molecule has 5 heteroatoms. The number of benzene rings is 1. The minimum atomic E-state index is -0.431. The van der Waals surface area contributed by atoms with Crippen LogP contribution >= 0.6 is 23.7 Å². The van der Waals surface area contributed by atoms with E-state index in [9.17, 15) is 4.39 Å². The first-order chi connectivity index (χ1) is 5.24. The van der Waals surface area contributed by atoms with Gasteiger partial charge in [0, 0.05) is 17.8 Å². The summed E-state index contributed by atoms with van der Waals surface area (Å²) in [6, 6.07) is 4.30. The van der Waals surface area contributed by atoms with E-state index in [0.29, 0.717) is 5.69 Å². The van der Waals surface area contributed by atoms with E-state index in [0.717, 1.165) is 12.1 Å². The molecule has 3 N–H and O–H groups in total. The van der Waals surface area contributed by atoms with Gasteiger partial charge in [0.2, 0.25) is 0 Å². The van der Waals surface area contributed by atoms with Crippen LogP contribution in [0.25, 0.3) is 0 Å². The first-order valence-corrected chi connectivity index (χ1v) is 4.06. The molecule has 0 radical (unpaired) electrons. The molecule has 0 atom stereocenters. The largest absolute Gasteiger partial charge is 0.317 e. The van der Waals surface area contributed by atoms with Crippen molar-refractivity contribution in [2.45, 2.75) is 0 Å². The summed E-state index contributed by atoms with van der Waals surface area (Å²) in [5.74, 6) is -0.431. The van der Waals surface area contributed by atoms with Crippen molar-refractivity contribution in [1.29, 1.82) is 0 Å². The molecule has 2 nitrogen and oxygen atoms in total. The number of hydrogen-bond acceptors (Lipinski definition) is 3. The topological polar surface area (TPSA) is 38.0 Å². The predicted octanol–water partition coefficient (Wildman–Crippen LogP) is 2.41. The van der Waals surface area contributed by atoms with Gasteiger partial charge in [-0.1, -0.05) is 11.6 Å². The maximum Gasteiger partial charge on any atom is 0.141 e. The molecule has 0 aliphatic carbocycles. The van der Waals surface area contributed by atoms with Gasteiger partial charge in [-0.3, -0.25) is 5.14 Å². The summed E-state index contributed by atoms with van der Waals surface area (Å²) in [6.07, 6.45) is 0. The minimum absolute atomic E-state index is 0.0871. The molecule has 0 aliphatic rings. The molecule has 1 aromatic rings. The summed E-state index contributed by atoms with van der Waals surface area (Å²) in [6.45, 7) is 0. The van der Waals surface area contributed by atoms with Crippen LogP contribution in [0, 0.1) is 5.82 Å². The van der Waals surface area contributed by atoms with Crippen molar-refractivity contribution in [1.82, 2.24) is 0 Å². The Hall–Kier alpha value is -0.450. The van der Waals surface area contributed by atoms with Gasteiger partial charge in [0.15, 0.2) is 0 Å². The molecule has 0 spiro atoms. The maximum atomic E-state index is 12.5. The van der Waals surface area contributed by atoms with Crippen molar-refractivity contribution in [3.8, 4) is 0 Å². The molecule has 1 rings (SSSR count). The Balaban J connectivity index is 2.86. The van der Waals surface area contributed by atoms with Crippen LogP contribution < -0.4 is 9.86 Å². The van der Waals surface area contributed by atoms with Gasteiger partial charge in [-0.2, -0.15) is 0 Å². The number of anilines is 1. The average molecular weight is 193 g/mol. The SMILES string of the molecule is NSNc1ccc(F)c(Cl)c1. The lowest BCUT2D eigenvalue weighted by Crippen LogP contribution is -1.91. The van der Waals surface area contributed by atoms with Gasteiger partial charge in [-0.25, -0.2) is 4.39 Å². The standard InChI is InChI=1S/C6H6ClFN2S/c7-5-3-4(10-11-9)1-2-6(5)8/h1-3,10H,9H2. The predicted molar refractivity (Wildman–Crippen MR) is 46.8 cm³/mol. The fourth-order valence-electron chi connectivity index (χ4n) is 0.628. The zero-order chi connectivity index (χ0) is 8.27. The van der Waals surface area contributed by atoms with Crippen molar-refractivity contribution in [3.63, 3.8) is 0 Å². The van der Waals surface area contributed by atoms with Crippen molar-refractivity contribution < 1.29 is 4.39 Å². The van der Waals surface area contributed by atoms with Crippen LogP contribution in [0.15, 0.2) is 18.2 Å². The van der Waals surface area contributed by atoms with E-state index in [2.05, 4.69) is 4.72 Å². The Bertz CT molecular complexity index is 256. The Morgan fingerprint density at radius 2 is 2.27 bits per heavy atom. The van der Waals surface area contributed by atoms with Crippen molar-refractivity contribution in [2.75, 3.05) is 4.72 Å². The van der Waals surface area contributed by atoms with Crippen LogP contribution in [-0.2, 0) is 0 Å². The van der Waals surface area contributed by atoms with E-state index in [4.69, 9.17) is 16.7 Å². The van der Waals surface area contributed by atoms with Crippen molar-refractivity contribution in [3.05, 3.63) is 29.0 Å². The molecule has 0 aromatic heterocycles. The third-order valence-electron chi connectivity index (χ3n) is 1.10. The number of hydrogen-bond donors (Lipinski definition) is 2. The lowest BCUT2D eigenvalue weighted by atomic mass is 10.3. The second-order valence-electron chi connectivity index (χ2n) is 1.85. The van der Waals surface area contributed by atoms with Gasteiger partial charge < -0.3 is 4.72 Å². The van der Waals surface area contributed by atoms with Crippen LogP contribution in [0.2, 0.25) is 5.02 Å². The molecule has 0 amide bonds. The van der Waals surface area contributed by atoms with E-state index in [1.807, 2.05) is 0 Å². The highest BCUT2D eigenvalue weighted by Crippen LogP contribution is 2.20. The fraction of sp³-hybridized carbons (Fsp3) is 0. The highest BCUT2D eigenvalue weighted by molar-refractivity contribution is 7.98. The Morgan fingerprint density at radius 3 is 2.82 bits per heavy atom. The summed E-state index contributed by atoms with van der Waals surface area (Å²) in [5, 5.41) is 5.20. The van der Waals surface area contributed by atoms with E-state index in [-0.39, 0.29) is 5.02 Å². The van der Waals surface area contributed by atoms with Gasteiger partial charge >= 0.3 is 0 Å². The Morgan fingerprint density at radius 1 is 1.55 bits per heavy atom. The molecule has 0 bridgehead atoms. The molecule has 60 valence electrons. The first kappa shape index (κ1) is 8.64. The molecular formula is C6H6ClFN2S. The second kappa shape index (κ2) is 3.80. The van der Waals surface area contributed by atoms with Gasteiger partial charge in [0.25, 0.3) is 0 Å². The fourth-order valence-corrected chi connectivity index (χ4v) is 1.07. The van der Waals surface area contributed by atoms with Crippen LogP contribution in [0.5, 0.6) is 0 Å². The van der Waals surface area contributed by atoms with Gasteiger partial charge in [0.1, 0.15) is 5.82 Å². The van der Waals surface area contributed by atoms with Gasteiger partial charge in [0.05, 0.1) is 5.02 Å². The number of nitrogens with two attached hydrogens (primary N) is 1. The minimum Gasteiger partial charge on any atom is -0.317 e. The molecule has 0 saturated carbocycles. The maximum absolute atomic E-state index is 12.5. The summed E-state index contributed by atoms with van der Waals surface area (Å²) < 4.78 is 15.3. The highest BCUT2D eigenvalue weighted by atomic mass is 35.5. The molecule has 0 aliphatic heterocycles. The molecule has 0 unspecified atom stereocenters. The third-order valence-corrected chi connectivity index (χ3v) is 1.74. The molecule has 11 heavy (non-hydrogen) atoms. The van der Waals surface area contributed by atoms with Crippen LogP contribution in [0.1, 0.15) is 0 Å². The summed E-state index contributed by atoms with van der Waals surface area (Å²) in [4.78, 5) is 0. The zero-order valence-corrected chi connectivity index (χ0v) is 7.05. The Kier molecular flexibility index (Phi) is 2.99. The quantitative estimate of drug-likeness (QED) is 0.707. The van der Waals surface area contributed by atoms with Crippen LogP contribution in [0.3, 0.4) is 0 Å². The average Bonchev–Trinajstić information content (AvgIpc) is 1.98. The lowest BCUT2D eigenvalue weighted by Gasteiger charge is -2.01. The monoisotopic (exact) mass is 192 g/mol. The first-order valence-electron chi connectivity index (χ1n) is 2.81. The lowest BCUT2D eigenvalue weighted by molar-refractivity contribution is 0.628. The summed E-state index contributed by atoms with van der Waals surface area (Å²) in [7, 11) is 0. The van der Waals surface area contributed by atoms with E-state index < -0.39 is 5.82 Å². The Labute approximate surface area is 73.2 Å². The smallest absolute Gasteiger partial charge is 0.141 e. The number of halogens is 2. The highest BCUT2D eigenvalue weighted by Gasteiger charge is 1.98. The second-order valence-corrected chi connectivity index (χ2v) is 2.70. The van der Waals surface area contributed by atoms with Crippen LogP contribution in [0.4, 0.5) is 10.1 Å². The normalized spacial score (nSPS) is 9.73. The molecule has 0 heterocycles. The molecule has 0 saturated heterocycles. The third kappa shape index (κ3) is 2.25. The van der Waals surface area contributed by atoms with Gasteiger partial charge in [-0.15, -0.1) is 0 Å². The van der Waals surface area contributed by atoms with Gasteiger partial charge in [-0.05, 0) is 18.2 Å². The van der Waals surface area contributed by atoms with Crippen molar-refractivity contribution >= 4 is 29.4 Å². The van der Waals surface area contributed by atoms with E-state index in [1.165, 1.54) is 12.1 Å². The summed E-state index contributed by atoms with van der Waals surface area (Å²) >= 11 is 6.42. The zero-order valence-electron chi connectivity index (χ0n) is 5.47. The summed E-state index contributed by atoms with van der Waals surface area (Å²) in [5.41, 5.74) is 0.684. The van der Waals surface area contributed by atoms with E-state index >= 15 is 0 Å². The van der Waals surface area contributed by atoms with E-state index in [1.54, 1.807) is 6.07 Å². The molecule has 0 fully saturated rings. The molecular weight excluding hydrogens is 187 g/mol.